The molecule has 0 fully saturated rings. The Hall–Kier alpha value is -3.45. The van der Waals surface area contributed by atoms with Crippen molar-refractivity contribution in [3.05, 3.63) is 72.7 Å². The number of likely N-dealkylation sites (N-methyl/N-ethyl adjacent to an activating group) is 1. The normalized spacial score (nSPS) is 10.8. The van der Waals surface area contributed by atoms with Crippen molar-refractivity contribution in [2.45, 2.75) is 6.92 Å². The molecule has 29 heavy (non-hydrogen) atoms. The standard InChI is InChI=1S/C22H18N2O4S/c1-2-24(22-23-17-10-6-7-11-18(17)29-22)19(25)14-28-21(26)20-16(12-13-27-20)15-8-4-3-5-9-15/h3-13H,2,14H2,1H3. The van der Waals surface area contributed by atoms with Gasteiger partial charge in [-0.05, 0) is 30.7 Å². The van der Waals surface area contributed by atoms with Crippen molar-refractivity contribution in [2.24, 2.45) is 0 Å². The lowest BCUT2D eigenvalue weighted by Crippen LogP contribution is -2.34. The van der Waals surface area contributed by atoms with Crippen molar-refractivity contribution in [3.8, 4) is 11.1 Å². The van der Waals surface area contributed by atoms with E-state index in [0.29, 0.717) is 17.2 Å². The van der Waals surface area contributed by atoms with Gasteiger partial charge in [-0.3, -0.25) is 9.69 Å². The highest BCUT2D eigenvalue weighted by Crippen LogP contribution is 2.29. The van der Waals surface area contributed by atoms with E-state index >= 15 is 0 Å². The van der Waals surface area contributed by atoms with Gasteiger partial charge in [-0.25, -0.2) is 9.78 Å². The van der Waals surface area contributed by atoms with Gasteiger partial charge in [-0.1, -0.05) is 53.8 Å². The third-order valence-electron chi connectivity index (χ3n) is 4.39. The molecule has 4 rings (SSSR count). The molecule has 2 aromatic carbocycles. The van der Waals surface area contributed by atoms with Crippen LogP contribution in [0, 0.1) is 0 Å². The lowest BCUT2D eigenvalue weighted by Gasteiger charge is -2.17. The Balaban J connectivity index is 1.46. The minimum atomic E-state index is -0.678. The van der Waals surface area contributed by atoms with E-state index in [0.717, 1.165) is 15.8 Å². The fourth-order valence-electron chi connectivity index (χ4n) is 2.98. The van der Waals surface area contributed by atoms with E-state index in [1.165, 1.54) is 22.5 Å². The molecule has 7 heteroatoms. The highest BCUT2D eigenvalue weighted by molar-refractivity contribution is 7.22. The van der Waals surface area contributed by atoms with Crippen LogP contribution in [0.4, 0.5) is 5.13 Å². The summed E-state index contributed by atoms with van der Waals surface area (Å²) in [5.74, 6) is -0.942. The summed E-state index contributed by atoms with van der Waals surface area (Å²) in [6.07, 6.45) is 1.43. The minimum absolute atomic E-state index is 0.0760. The summed E-state index contributed by atoms with van der Waals surface area (Å²) in [6, 6.07) is 18.8. The van der Waals surface area contributed by atoms with Crippen LogP contribution >= 0.6 is 11.3 Å². The monoisotopic (exact) mass is 406 g/mol. The summed E-state index contributed by atoms with van der Waals surface area (Å²) < 4.78 is 11.6. The van der Waals surface area contributed by atoms with Crippen LogP contribution in [0.3, 0.4) is 0 Å². The van der Waals surface area contributed by atoms with Crippen molar-refractivity contribution in [3.63, 3.8) is 0 Å². The second kappa shape index (κ2) is 8.28. The zero-order valence-electron chi connectivity index (χ0n) is 15.7. The van der Waals surface area contributed by atoms with Gasteiger partial charge < -0.3 is 9.15 Å². The van der Waals surface area contributed by atoms with Gasteiger partial charge in [-0.15, -0.1) is 0 Å². The molecule has 0 spiro atoms. The molecule has 0 aliphatic rings. The molecule has 146 valence electrons. The Morgan fingerprint density at radius 3 is 2.59 bits per heavy atom. The van der Waals surface area contributed by atoms with E-state index in [-0.39, 0.29) is 11.7 Å². The fourth-order valence-corrected chi connectivity index (χ4v) is 4.02. The third-order valence-corrected chi connectivity index (χ3v) is 5.45. The van der Waals surface area contributed by atoms with Gasteiger partial charge in [0.1, 0.15) is 0 Å². The number of hydrogen-bond acceptors (Lipinski definition) is 6. The van der Waals surface area contributed by atoms with Crippen LogP contribution in [0.15, 0.2) is 71.3 Å². The van der Waals surface area contributed by atoms with Gasteiger partial charge in [0.25, 0.3) is 5.91 Å². The topological polar surface area (TPSA) is 72.6 Å². The predicted octanol–water partition coefficient (Wildman–Crippen LogP) is 4.77. The molecule has 0 saturated carbocycles. The van der Waals surface area contributed by atoms with Crippen LogP contribution in [0.25, 0.3) is 21.3 Å². The first-order chi connectivity index (χ1) is 14.2. The first kappa shape index (κ1) is 18.9. The number of rotatable bonds is 6. The number of esters is 1. The number of carbonyl (C=O) groups is 2. The minimum Gasteiger partial charge on any atom is -0.457 e. The number of para-hydroxylation sites is 1. The van der Waals surface area contributed by atoms with Gasteiger partial charge in [-0.2, -0.15) is 0 Å². The van der Waals surface area contributed by atoms with E-state index in [1.807, 2.05) is 61.5 Å². The maximum absolute atomic E-state index is 12.7. The number of amides is 1. The number of aromatic nitrogens is 1. The summed E-state index contributed by atoms with van der Waals surface area (Å²) in [4.78, 5) is 31.2. The average Bonchev–Trinajstić information content (AvgIpc) is 3.40. The number of benzene rings is 2. The van der Waals surface area contributed by atoms with Gasteiger partial charge in [0.15, 0.2) is 11.7 Å². The first-order valence-electron chi connectivity index (χ1n) is 9.13. The number of thiazole rings is 1. The molecule has 0 unspecified atom stereocenters. The second-order valence-corrected chi connectivity index (χ2v) is 7.22. The maximum atomic E-state index is 12.7. The Morgan fingerprint density at radius 2 is 1.83 bits per heavy atom. The number of carbonyl (C=O) groups excluding carboxylic acids is 2. The van der Waals surface area contributed by atoms with E-state index in [9.17, 15) is 9.59 Å². The van der Waals surface area contributed by atoms with Crippen LogP contribution in [0.1, 0.15) is 17.5 Å². The SMILES string of the molecule is CCN(C(=O)COC(=O)c1occc1-c1ccccc1)c1nc2ccccc2s1. The first-order valence-corrected chi connectivity index (χ1v) is 9.95. The lowest BCUT2D eigenvalue weighted by molar-refractivity contribution is -0.121. The average molecular weight is 406 g/mol. The molecule has 4 aromatic rings. The molecule has 0 bridgehead atoms. The molecule has 0 atom stereocenters. The van der Waals surface area contributed by atoms with Gasteiger partial charge in [0.2, 0.25) is 5.76 Å². The second-order valence-electron chi connectivity index (χ2n) is 6.21. The highest BCUT2D eigenvalue weighted by atomic mass is 32.1. The van der Waals surface area contributed by atoms with Crippen LogP contribution in [-0.2, 0) is 9.53 Å². The number of hydrogen-bond donors (Lipinski definition) is 0. The molecule has 2 heterocycles. The predicted molar refractivity (Wildman–Crippen MR) is 112 cm³/mol. The van der Waals surface area contributed by atoms with Gasteiger partial charge in [0, 0.05) is 12.1 Å². The molecule has 0 saturated heterocycles. The fraction of sp³-hybridized carbons (Fsp3) is 0.136. The van der Waals surface area contributed by atoms with Crippen molar-refractivity contribution in [1.29, 1.82) is 0 Å². The molecular weight excluding hydrogens is 388 g/mol. The number of nitrogens with zero attached hydrogens (tertiary/aromatic N) is 2. The molecule has 0 aliphatic heterocycles. The molecule has 0 radical (unpaired) electrons. The van der Waals surface area contributed by atoms with Crippen molar-refractivity contribution in [2.75, 3.05) is 18.1 Å². The smallest absolute Gasteiger partial charge is 0.375 e. The maximum Gasteiger partial charge on any atom is 0.375 e. The largest absolute Gasteiger partial charge is 0.457 e. The van der Waals surface area contributed by atoms with Gasteiger partial charge >= 0.3 is 5.97 Å². The number of furan rings is 1. The Labute approximate surface area is 171 Å². The molecule has 1 amide bonds. The Bertz CT molecular complexity index is 1120. The number of anilines is 1. The Morgan fingerprint density at radius 1 is 1.07 bits per heavy atom. The van der Waals surface area contributed by atoms with Gasteiger partial charge in [0.05, 0.1) is 16.5 Å². The van der Waals surface area contributed by atoms with Crippen molar-refractivity contribution in [1.82, 2.24) is 4.98 Å². The summed E-state index contributed by atoms with van der Waals surface area (Å²) in [7, 11) is 0. The van der Waals surface area contributed by atoms with Crippen LogP contribution in [0.2, 0.25) is 0 Å². The lowest BCUT2D eigenvalue weighted by atomic mass is 10.1. The molecular formula is C22H18N2O4S. The summed E-state index contributed by atoms with van der Waals surface area (Å²) >= 11 is 1.43. The quantitative estimate of drug-likeness (QED) is 0.432. The van der Waals surface area contributed by atoms with Crippen LogP contribution in [0.5, 0.6) is 0 Å². The molecule has 0 N–H and O–H groups in total. The molecule has 2 aromatic heterocycles. The Kier molecular flexibility index (Phi) is 5.39. The summed E-state index contributed by atoms with van der Waals surface area (Å²) in [6.45, 7) is 1.88. The van der Waals surface area contributed by atoms with E-state index in [1.54, 1.807) is 6.07 Å². The van der Waals surface area contributed by atoms with Crippen molar-refractivity contribution >= 4 is 38.6 Å². The molecule has 6 nitrogen and oxygen atoms in total. The summed E-state index contributed by atoms with van der Waals surface area (Å²) in [5.41, 5.74) is 2.30. The zero-order valence-corrected chi connectivity index (χ0v) is 16.5. The third kappa shape index (κ3) is 3.90. The van der Waals surface area contributed by atoms with Crippen LogP contribution < -0.4 is 4.90 Å². The number of ether oxygens (including phenoxy) is 1. The summed E-state index contributed by atoms with van der Waals surface area (Å²) in [5, 5.41) is 0.581. The molecule has 0 aliphatic carbocycles. The highest BCUT2D eigenvalue weighted by Gasteiger charge is 2.23. The van der Waals surface area contributed by atoms with Crippen LogP contribution in [-0.4, -0.2) is 30.0 Å². The van der Waals surface area contributed by atoms with E-state index in [2.05, 4.69) is 4.98 Å². The zero-order chi connectivity index (χ0) is 20.2. The van der Waals surface area contributed by atoms with Crippen molar-refractivity contribution < 1.29 is 18.7 Å². The van der Waals surface area contributed by atoms with E-state index in [4.69, 9.17) is 9.15 Å². The number of fused-ring (bicyclic) bond motifs is 1. The van der Waals surface area contributed by atoms with E-state index < -0.39 is 12.6 Å².